The minimum atomic E-state index is -0.278. The molecule has 4 aliphatic carbocycles. The van der Waals surface area contributed by atoms with E-state index >= 15 is 0 Å². The Morgan fingerprint density at radius 2 is 1.97 bits per heavy atom. The van der Waals surface area contributed by atoms with Gasteiger partial charge in [0, 0.05) is 18.0 Å². The lowest BCUT2D eigenvalue weighted by Crippen LogP contribution is -2.53. The van der Waals surface area contributed by atoms with Gasteiger partial charge < -0.3 is 15.7 Å². The molecule has 3 fully saturated rings. The van der Waals surface area contributed by atoms with Crippen LogP contribution in [0.25, 0.3) is 0 Å². The molecule has 0 heterocycles. The minimum absolute atomic E-state index is 0.00148. The third kappa shape index (κ3) is 3.28. The van der Waals surface area contributed by atoms with E-state index < -0.39 is 0 Å². The molecule has 5 nitrogen and oxygen atoms in total. The number of oxime groups is 1. The molecule has 0 bridgehead atoms. The number of carbonyl (C=O) groups is 1. The van der Waals surface area contributed by atoms with Gasteiger partial charge in [-0.2, -0.15) is 0 Å². The normalized spacial score (nSPS) is 40.5. The van der Waals surface area contributed by atoms with E-state index in [1.807, 2.05) is 0 Å². The lowest BCUT2D eigenvalue weighted by molar-refractivity contribution is -0.00102. The van der Waals surface area contributed by atoms with Crippen LogP contribution in [0.2, 0.25) is 0 Å². The highest BCUT2D eigenvalue weighted by atomic mass is 16.5. The van der Waals surface area contributed by atoms with Crippen molar-refractivity contribution in [2.24, 2.45) is 33.7 Å². The van der Waals surface area contributed by atoms with Gasteiger partial charge in [-0.3, -0.25) is 0 Å². The summed E-state index contributed by atoms with van der Waals surface area (Å²) in [6.07, 6.45) is 10.7. The van der Waals surface area contributed by atoms with Gasteiger partial charge in [-0.25, -0.2) is 4.79 Å². The average Bonchev–Trinajstić information content (AvgIpc) is 3.15. The van der Waals surface area contributed by atoms with Crippen LogP contribution in [0.15, 0.2) is 41.1 Å². The smallest absolute Gasteiger partial charge is 0.338 e. The molecule has 5 heteroatoms. The summed E-state index contributed by atoms with van der Waals surface area (Å²) >= 11 is 0. The number of ether oxygens (including phenoxy) is 1. The fraction of sp³-hybridized carbons (Fsp3) is 0.615. The van der Waals surface area contributed by atoms with E-state index in [-0.39, 0.29) is 22.9 Å². The second-order valence-corrected chi connectivity index (χ2v) is 10.8. The largest absolute Gasteiger partial charge is 0.458 e. The van der Waals surface area contributed by atoms with E-state index in [0.717, 1.165) is 43.7 Å². The summed E-state index contributed by atoms with van der Waals surface area (Å²) < 4.78 is 5.89. The summed E-state index contributed by atoms with van der Waals surface area (Å²) in [6.45, 7) is 4.76. The molecule has 6 atom stereocenters. The molecule has 0 aromatic heterocycles. The third-order valence-electron chi connectivity index (χ3n) is 9.09. The molecule has 3 N–H and O–H groups in total. The number of nitrogens with zero attached hydrogens (tertiary/aromatic N) is 1. The molecule has 0 radical (unpaired) electrons. The molecule has 0 amide bonds. The molecule has 0 spiro atoms. The van der Waals surface area contributed by atoms with Gasteiger partial charge in [-0.1, -0.05) is 37.1 Å². The van der Waals surface area contributed by atoms with Gasteiger partial charge in [0.05, 0.1) is 11.3 Å². The Morgan fingerprint density at radius 3 is 2.71 bits per heavy atom. The summed E-state index contributed by atoms with van der Waals surface area (Å²) in [6, 6.07) is 6.90. The first-order valence-electron chi connectivity index (χ1n) is 11.8. The fourth-order valence-electron chi connectivity index (χ4n) is 7.54. The van der Waals surface area contributed by atoms with Crippen LogP contribution in [0.5, 0.6) is 0 Å². The lowest BCUT2D eigenvalue weighted by Gasteiger charge is -2.57. The summed E-state index contributed by atoms with van der Waals surface area (Å²) in [5.74, 6) is 1.32. The first kappa shape index (κ1) is 20.6. The number of fused-ring (bicyclic) bond motifs is 5. The Bertz CT molecular complexity index is 936. The van der Waals surface area contributed by atoms with Gasteiger partial charge in [-0.15, -0.1) is 0 Å². The van der Waals surface area contributed by atoms with Crippen molar-refractivity contribution in [3.63, 3.8) is 0 Å². The zero-order chi connectivity index (χ0) is 21.8. The van der Waals surface area contributed by atoms with Crippen LogP contribution in [0, 0.1) is 28.6 Å². The average molecular weight is 423 g/mol. The quantitative estimate of drug-likeness (QED) is 0.214. The number of hydrogen-bond donors (Lipinski definition) is 2. The van der Waals surface area contributed by atoms with Gasteiger partial charge in [-0.05, 0) is 85.5 Å². The first-order valence-corrected chi connectivity index (χ1v) is 11.8. The highest BCUT2D eigenvalue weighted by Crippen LogP contribution is 2.64. The Morgan fingerprint density at radius 1 is 1.19 bits per heavy atom. The zero-order valence-electron chi connectivity index (χ0n) is 18.6. The number of anilines is 1. The van der Waals surface area contributed by atoms with Gasteiger partial charge in [0.2, 0.25) is 0 Å². The summed E-state index contributed by atoms with van der Waals surface area (Å²) in [5.41, 5.74) is 9.59. The monoisotopic (exact) mass is 422 g/mol. The molecular weight excluding hydrogens is 388 g/mol. The Balaban J connectivity index is 1.36. The van der Waals surface area contributed by atoms with Crippen LogP contribution in [0.3, 0.4) is 0 Å². The Labute approximate surface area is 184 Å². The van der Waals surface area contributed by atoms with Gasteiger partial charge >= 0.3 is 5.97 Å². The number of esters is 1. The number of allylic oxidation sites excluding steroid dienone is 1. The van der Waals surface area contributed by atoms with Crippen molar-refractivity contribution in [1.82, 2.24) is 0 Å². The van der Waals surface area contributed by atoms with Crippen molar-refractivity contribution in [1.29, 1.82) is 0 Å². The van der Waals surface area contributed by atoms with Crippen molar-refractivity contribution in [3.05, 3.63) is 41.5 Å². The number of benzene rings is 1. The number of rotatable bonds is 2. The Hall–Kier alpha value is -2.30. The van der Waals surface area contributed by atoms with E-state index in [2.05, 4.69) is 25.1 Å². The van der Waals surface area contributed by atoms with Gasteiger partial charge in [0.1, 0.15) is 6.10 Å². The molecule has 5 rings (SSSR count). The van der Waals surface area contributed by atoms with Crippen LogP contribution in [0.4, 0.5) is 5.69 Å². The minimum Gasteiger partial charge on any atom is -0.458 e. The van der Waals surface area contributed by atoms with Crippen molar-refractivity contribution < 1.29 is 14.7 Å². The lowest BCUT2D eigenvalue weighted by atomic mass is 9.47. The maximum absolute atomic E-state index is 12.6. The molecule has 4 aliphatic rings. The molecule has 0 aliphatic heterocycles. The summed E-state index contributed by atoms with van der Waals surface area (Å²) in [5, 5.41) is 13.9. The maximum Gasteiger partial charge on any atom is 0.338 e. The molecule has 1 aromatic rings. The molecule has 31 heavy (non-hydrogen) atoms. The molecule has 0 saturated heterocycles. The van der Waals surface area contributed by atoms with Crippen LogP contribution >= 0.6 is 0 Å². The van der Waals surface area contributed by atoms with Crippen molar-refractivity contribution >= 4 is 17.4 Å². The van der Waals surface area contributed by atoms with E-state index in [4.69, 9.17) is 10.5 Å². The van der Waals surface area contributed by atoms with E-state index in [1.54, 1.807) is 24.3 Å². The van der Waals surface area contributed by atoms with Crippen molar-refractivity contribution in [2.75, 3.05) is 5.73 Å². The first-order chi connectivity index (χ1) is 14.8. The van der Waals surface area contributed by atoms with Crippen LogP contribution in [-0.2, 0) is 4.74 Å². The molecular formula is C26H34N2O3. The predicted octanol–water partition coefficient (Wildman–Crippen LogP) is 5.59. The molecule has 1 unspecified atom stereocenters. The maximum atomic E-state index is 12.6. The number of nitrogens with two attached hydrogens (primary N) is 1. The van der Waals surface area contributed by atoms with Crippen LogP contribution in [0.1, 0.15) is 75.6 Å². The van der Waals surface area contributed by atoms with Crippen molar-refractivity contribution in [3.8, 4) is 0 Å². The molecule has 3 saturated carbocycles. The molecule has 1 aromatic carbocycles. The van der Waals surface area contributed by atoms with E-state index in [1.165, 1.54) is 24.8 Å². The highest BCUT2D eigenvalue weighted by molar-refractivity contribution is 5.90. The van der Waals surface area contributed by atoms with Crippen molar-refractivity contribution in [2.45, 2.75) is 71.3 Å². The Kier molecular flexibility index (Phi) is 4.91. The summed E-state index contributed by atoms with van der Waals surface area (Å²) in [7, 11) is 0. The third-order valence-corrected chi connectivity index (χ3v) is 9.09. The van der Waals surface area contributed by atoms with Gasteiger partial charge in [0.15, 0.2) is 0 Å². The summed E-state index contributed by atoms with van der Waals surface area (Å²) in [4.78, 5) is 12.6. The highest BCUT2D eigenvalue weighted by Gasteiger charge is 2.58. The molecule has 166 valence electrons. The number of hydrogen-bond acceptors (Lipinski definition) is 5. The van der Waals surface area contributed by atoms with Gasteiger partial charge in [0.25, 0.3) is 0 Å². The van der Waals surface area contributed by atoms with E-state index in [9.17, 15) is 10.0 Å². The number of nitrogen functional groups attached to an aromatic ring is 1. The van der Waals surface area contributed by atoms with Crippen LogP contribution < -0.4 is 5.73 Å². The predicted molar refractivity (Wildman–Crippen MR) is 121 cm³/mol. The zero-order valence-corrected chi connectivity index (χ0v) is 18.6. The van der Waals surface area contributed by atoms with Crippen LogP contribution in [-0.4, -0.2) is 23.0 Å². The standard InChI is InChI=1S/C26H34N2O3/c1-25-12-3-4-21(25)20-10-7-17-14-19(31-24(29)16-5-8-18(27)9-6-16)11-13-26(17,2)23(20)22(15-25)28-30/h5-9,19-21,23,30H,3-4,10-15,27H2,1-2H3/t19?,20-,21-,23-,25-,26-/m0/s1. The SMILES string of the molecule is C[C@@]12CCC[C@H]1[C@@H]1CC=C3CC(OC(=O)c4ccc(N)cc4)CC[C@]3(C)[C@@H]1C(=NO)C2. The van der Waals surface area contributed by atoms with E-state index in [0.29, 0.717) is 23.1 Å². The fourth-order valence-corrected chi connectivity index (χ4v) is 7.54. The topological polar surface area (TPSA) is 84.9 Å². The second kappa shape index (κ2) is 7.39. The number of carbonyl (C=O) groups excluding carboxylic acids is 1. The second-order valence-electron chi connectivity index (χ2n) is 10.8.